The minimum absolute atomic E-state index is 0.178. The predicted molar refractivity (Wildman–Crippen MR) is 66.6 cm³/mol. The Labute approximate surface area is 107 Å². The first-order valence-corrected chi connectivity index (χ1v) is 6.40. The van der Waals surface area contributed by atoms with Gasteiger partial charge in [0.05, 0.1) is 18.7 Å². The quantitative estimate of drug-likeness (QED) is 0.735. The Balaban J connectivity index is 3.00. The summed E-state index contributed by atoms with van der Waals surface area (Å²) in [5, 5.41) is 3.90. The van der Waals surface area contributed by atoms with E-state index >= 15 is 0 Å². The molecule has 0 aliphatic heterocycles. The van der Waals surface area contributed by atoms with Gasteiger partial charge in [-0.2, -0.15) is 9.49 Å². The van der Waals surface area contributed by atoms with Crippen molar-refractivity contribution in [3.8, 4) is 0 Å². The standard InChI is InChI=1S/C13H21FN2O2/c1-5-9(10(6-2)13(17)18-7-3)11-8-15-16(4)12(11)14/h8-10H,5-7H2,1-4H3/t9-,10?/m0/s1. The summed E-state index contributed by atoms with van der Waals surface area (Å²) in [6, 6.07) is 0. The van der Waals surface area contributed by atoms with E-state index < -0.39 is 0 Å². The zero-order chi connectivity index (χ0) is 13.7. The van der Waals surface area contributed by atoms with E-state index in [-0.39, 0.29) is 23.8 Å². The summed E-state index contributed by atoms with van der Waals surface area (Å²) in [5.74, 6) is -1.11. The van der Waals surface area contributed by atoms with Gasteiger partial charge in [-0.1, -0.05) is 13.8 Å². The fourth-order valence-electron chi connectivity index (χ4n) is 2.27. The summed E-state index contributed by atoms with van der Waals surface area (Å²) >= 11 is 0. The van der Waals surface area contributed by atoms with E-state index in [1.165, 1.54) is 10.9 Å². The molecule has 2 atom stereocenters. The van der Waals surface area contributed by atoms with Gasteiger partial charge in [0.1, 0.15) is 0 Å². The average Bonchev–Trinajstić information content (AvgIpc) is 2.67. The third-order valence-electron chi connectivity index (χ3n) is 3.25. The van der Waals surface area contributed by atoms with Crippen molar-refractivity contribution in [2.24, 2.45) is 13.0 Å². The second kappa shape index (κ2) is 6.52. The van der Waals surface area contributed by atoms with Gasteiger partial charge in [0.2, 0.25) is 5.95 Å². The van der Waals surface area contributed by atoms with E-state index in [0.717, 1.165) is 0 Å². The molecule has 0 aliphatic carbocycles. The van der Waals surface area contributed by atoms with Gasteiger partial charge in [-0.3, -0.25) is 4.79 Å². The van der Waals surface area contributed by atoms with Crippen LogP contribution in [0.25, 0.3) is 0 Å². The molecule has 18 heavy (non-hydrogen) atoms. The van der Waals surface area contributed by atoms with Gasteiger partial charge in [0.25, 0.3) is 0 Å². The summed E-state index contributed by atoms with van der Waals surface area (Å²) < 4.78 is 20.1. The monoisotopic (exact) mass is 256 g/mol. The van der Waals surface area contributed by atoms with Crippen LogP contribution in [0.4, 0.5) is 4.39 Å². The number of aryl methyl sites for hydroxylation is 1. The predicted octanol–water partition coefficient (Wildman–Crippen LogP) is 2.64. The number of aromatic nitrogens is 2. The van der Waals surface area contributed by atoms with Gasteiger partial charge in [-0.15, -0.1) is 0 Å². The fraction of sp³-hybridized carbons (Fsp3) is 0.692. The van der Waals surface area contributed by atoms with E-state index in [2.05, 4.69) is 5.10 Å². The Morgan fingerprint density at radius 1 is 1.44 bits per heavy atom. The maximum Gasteiger partial charge on any atom is 0.309 e. The number of carbonyl (C=O) groups is 1. The van der Waals surface area contributed by atoms with E-state index in [4.69, 9.17) is 4.74 Å². The lowest BCUT2D eigenvalue weighted by atomic mass is 9.83. The number of hydrogen-bond acceptors (Lipinski definition) is 3. The van der Waals surface area contributed by atoms with Crippen LogP contribution in [-0.2, 0) is 16.6 Å². The molecule has 0 amide bonds. The average molecular weight is 256 g/mol. The van der Waals surface area contributed by atoms with Crippen molar-refractivity contribution in [2.75, 3.05) is 6.61 Å². The largest absolute Gasteiger partial charge is 0.466 e. The summed E-state index contributed by atoms with van der Waals surface area (Å²) in [5.41, 5.74) is 0.500. The van der Waals surface area contributed by atoms with Gasteiger partial charge < -0.3 is 4.74 Å². The summed E-state index contributed by atoms with van der Waals surface area (Å²) in [6.07, 6.45) is 2.82. The molecule has 0 spiro atoms. The van der Waals surface area contributed by atoms with Crippen molar-refractivity contribution in [1.29, 1.82) is 0 Å². The Hall–Kier alpha value is -1.39. The number of esters is 1. The number of ether oxygens (including phenoxy) is 1. The second-order valence-electron chi connectivity index (χ2n) is 4.30. The molecule has 0 N–H and O–H groups in total. The lowest BCUT2D eigenvalue weighted by Gasteiger charge is -2.22. The van der Waals surface area contributed by atoms with E-state index in [1.807, 2.05) is 13.8 Å². The van der Waals surface area contributed by atoms with Crippen molar-refractivity contribution in [3.05, 3.63) is 17.7 Å². The molecule has 0 saturated heterocycles. The Kier molecular flexibility index (Phi) is 5.31. The second-order valence-corrected chi connectivity index (χ2v) is 4.30. The molecular formula is C13H21FN2O2. The van der Waals surface area contributed by atoms with Gasteiger partial charge in [0, 0.05) is 18.5 Å². The van der Waals surface area contributed by atoms with Crippen molar-refractivity contribution < 1.29 is 13.9 Å². The van der Waals surface area contributed by atoms with Gasteiger partial charge in [0.15, 0.2) is 0 Å². The van der Waals surface area contributed by atoms with Gasteiger partial charge in [-0.05, 0) is 19.8 Å². The first-order valence-electron chi connectivity index (χ1n) is 6.40. The zero-order valence-corrected chi connectivity index (χ0v) is 11.4. The molecule has 1 heterocycles. The van der Waals surface area contributed by atoms with E-state index in [1.54, 1.807) is 14.0 Å². The maximum absolute atomic E-state index is 13.9. The number of rotatable bonds is 6. The normalized spacial score (nSPS) is 14.3. The molecule has 1 rings (SSSR count). The van der Waals surface area contributed by atoms with Crippen LogP contribution in [0.15, 0.2) is 6.20 Å². The molecule has 0 aliphatic rings. The molecule has 1 aromatic rings. The van der Waals surface area contributed by atoms with Gasteiger partial charge >= 0.3 is 5.97 Å². The highest BCUT2D eigenvalue weighted by atomic mass is 19.1. The minimum atomic E-state index is -0.371. The number of carbonyl (C=O) groups excluding carboxylic acids is 1. The smallest absolute Gasteiger partial charge is 0.309 e. The highest BCUT2D eigenvalue weighted by molar-refractivity contribution is 5.73. The fourth-order valence-corrected chi connectivity index (χ4v) is 2.27. The highest BCUT2D eigenvalue weighted by Gasteiger charge is 2.31. The molecule has 5 heteroatoms. The van der Waals surface area contributed by atoms with Crippen LogP contribution in [0.3, 0.4) is 0 Å². The maximum atomic E-state index is 13.9. The van der Waals surface area contributed by atoms with Crippen LogP contribution in [0.2, 0.25) is 0 Å². The van der Waals surface area contributed by atoms with Crippen molar-refractivity contribution in [1.82, 2.24) is 9.78 Å². The lowest BCUT2D eigenvalue weighted by molar-refractivity contribution is -0.149. The van der Waals surface area contributed by atoms with Crippen LogP contribution in [-0.4, -0.2) is 22.4 Å². The van der Waals surface area contributed by atoms with Crippen LogP contribution >= 0.6 is 0 Å². The SMILES string of the molecule is CCOC(=O)C(CC)[C@H](CC)c1cnn(C)c1F. The molecule has 0 bridgehead atoms. The van der Waals surface area contributed by atoms with Gasteiger partial charge in [-0.25, -0.2) is 4.68 Å². The highest BCUT2D eigenvalue weighted by Crippen LogP contribution is 2.32. The van der Waals surface area contributed by atoms with Crippen LogP contribution in [0, 0.1) is 11.9 Å². The topological polar surface area (TPSA) is 44.1 Å². The summed E-state index contributed by atoms with van der Waals surface area (Å²) in [7, 11) is 1.55. The summed E-state index contributed by atoms with van der Waals surface area (Å²) in [4.78, 5) is 11.9. The van der Waals surface area contributed by atoms with Crippen molar-refractivity contribution >= 4 is 5.97 Å². The Morgan fingerprint density at radius 2 is 2.11 bits per heavy atom. The van der Waals surface area contributed by atoms with Crippen LogP contribution < -0.4 is 0 Å². The lowest BCUT2D eigenvalue weighted by Crippen LogP contribution is -2.24. The summed E-state index contributed by atoms with van der Waals surface area (Å²) in [6.45, 7) is 5.98. The molecule has 0 radical (unpaired) electrons. The molecule has 0 aromatic carbocycles. The number of halogens is 1. The zero-order valence-electron chi connectivity index (χ0n) is 11.4. The molecule has 1 aromatic heterocycles. The third kappa shape index (κ3) is 2.89. The molecule has 0 fully saturated rings. The molecule has 1 unspecified atom stereocenters. The van der Waals surface area contributed by atoms with Crippen LogP contribution in [0.5, 0.6) is 0 Å². The molecule has 4 nitrogen and oxygen atoms in total. The van der Waals surface area contributed by atoms with Crippen molar-refractivity contribution in [3.63, 3.8) is 0 Å². The Morgan fingerprint density at radius 3 is 2.50 bits per heavy atom. The Bertz CT molecular complexity index is 404. The molecular weight excluding hydrogens is 235 g/mol. The number of hydrogen-bond donors (Lipinski definition) is 0. The van der Waals surface area contributed by atoms with E-state index in [9.17, 15) is 9.18 Å². The van der Waals surface area contributed by atoms with Crippen molar-refractivity contribution in [2.45, 2.75) is 39.5 Å². The third-order valence-corrected chi connectivity index (χ3v) is 3.25. The first-order chi connectivity index (χ1) is 8.56. The first kappa shape index (κ1) is 14.7. The molecule has 0 saturated carbocycles. The van der Waals surface area contributed by atoms with E-state index in [0.29, 0.717) is 25.0 Å². The van der Waals surface area contributed by atoms with Crippen LogP contribution in [0.1, 0.15) is 45.1 Å². The minimum Gasteiger partial charge on any atom is -0.466 e. The molecule has 102 valence electrons. The number of nitrogens with zero attached hydrogens (tertiary/aromatic N) is 2.